The Morgan fingerprint density at radius 1 is 1.38 bits per heavy atom. The number of aromatic nitrogens is 1. The summed E-state index contributed by atoms with van der Waals surface area (Å²) in [7, 11) is 0. The van der Waals surface area contributed by atoms with Crippen LogP contribution in [0.25, 0.3) is 5.70 Å². The number of thiazole rings is 1. The number of benzene rings is 1. The second-order valence-electron chi connectivity index (χ2n) is 7.34. The smallest absolute Gasteiger partial charge is 0.163 e. The molecule has 2 heterocycles. The number of nitrogens with zero attached hydrogens (tertiary/aromatic N) is 2. The van der Waals surface area contributed by atoms with Crippen LogP contribution in [-0.2, 0) is 4.79 Å². The summed E-state index contributed by atoms with van der Waals surface area (Å²) < 4.78 is 13.5. The lowest BCUT2D eigenvalue weighted by atomic mass is 9.71. The molecule has 0 bridgehead atoms. The molecular formula is C19H17ClFN3OS. The van der Waals surface area contributed by atoms with Crippen LogP contribution in [0.3, 0.4) is 0 Å². The molecule has 0 spiro atoms. The van der Waals surface area contributed by atoms with Gasteiger partial charge in [-0.05, 0) is 30.0 Å². The minimum Gasteiger partial charge on any atom is -0.337 e. The van der Waals surface area contributed by atoms with E-state index in [0.717, 1.165) is 11.4 Å². The highest BCUT2D eigenvalue weighted by atomic mass is 35.5. The average molecular weight is 390 g/mol. The second-order valence-corrected chi connectivity index (χ2v) is 8.64. The van der Waals surface area contributed by atoms with Crippen LogP contribution in [0.4, 0.5) is 4.39 Å². The number of carbonyl (C=O) groups excluding carboxylic acids is 1. The van der Waals surface area contributed by atoms with E-state index >= 15 is 0 Å². The highest BCUT2D eigenvalue weighted by Gasteiger charge is 2.41. The van der Waals surface area contributed by atoms with E-state index in [1.165, 1.54) is 23.5 Å². The molecule has 7 heteroatoms. The third-order valence-corrected chi connectivity index (χ3v) is 5.74. The number of carbonyl (C=O) groups is 1. The fourth-order valence-corrected chi connectivity index (χ4v) is 4.41. The number of amidine groups is 1. The predicted molar refractivity (Wildman–Crippen MR) is 102 cm³/mol. The number of rotatable bonds is 2. The van der Waals surface area contributed by atoms with Crippen LogP contribution in [0.15, 0.2) is 40.3 Å². The van der Waals surface area contributed by atoms with E-state index in [1.807, 2.05) is 5.38 Å². The topological polar surface area (TPSA) is 54.4 Å². The molecule has 2 aromatic rings. The van der Waals surface area contributed by atoms with Crippen LogP contribution in [0.2, 0.25) is 5.02 Å². The summed E-state index contributed by atoms with van der Waals surface area (Å²) in [6, 6.07) is 3.94. The van der Waals surface area contributed by atoms with Crippen molar-refractivity contribution in [2.75, 3.05) is 0 Å². The molecule has 134 valence electrons. The van der Waals surface area contributed by atoms with Crippen molar-refractivity contribution >= 4 is 40.3 Å². The second kappa shape index (κ2) is 6.28. The Bertz CT molecular complexity index is 950. The molecule has 2 aliphatic rings. The van der Waals surface area contributed by atoms with Crippen molar-refractivity contribution in [2.45, 2.75) is 32.7 Å². The number of ketones is 1. The quantitative estimate of drug-likeness (QED) is 0.825. The van der Waals surface area contributed by atoms with E-state index in [0.29, 0.717) is 29.1 Å². The van der Waals surface area contributed by atoms with Gasteiger partial charge in [-0.25, -0.2) is 9.37 Å². The molecule has 1 atom stereocenters. The van der Waals surface area contributed by atoms with Gasteiger partial charge < -0.3 is 5.32 Å². The Morgan fingerprint density at radius 3 is 2.88 bits per heavy atom. The van der Waals surface area contributed by atoms with Crippen LogP contribution in [0.1, 0.15) is 37.3 Å². The molecule has 0 amide bonds. The van der Waals surface area contributed by atoms with E-state index in [4.69, 9.17) is 16.6 Å². The van der Waals surface area contributed by atoms with Gasteiger partial charge in [0.15, 0.2) is 16.6 Å². The van der Waals surface area contributed by atoms with Crippen LogP contribution in [0.5, 0.6) is 0 Å². The zero-order valence-corrected chi connectivity index (χ0v) is 15.9. The Kier molecular flexibility index (Phi) is 4.20. The number of nitrogens with one attached hydrogen (secondary N) is 1. The fraction of sp³-hybridized carbons (Fsp3) is 0.316. The standard InChI is InChI=1S/C19H17ClFN3OS/c1-19(2)8-13-15(14(25)9-19)16(11-4-3-10(21)7-12(11)20)24-17(23-13)18-22-5-6-26-18/h3-7,13H,8-9H2,1-2H3,(H,23,24). The van der Waals surface area contributed by atoms with E-state index in [9.17, 15) is 9.18 Å². The van der Waals surface area contributed by atoms with Crippen molar-refractivity contribution in [3.05, 3.63) is 56.8 Å². The number of Topliss-reactive ketones (excluding diaryl/α,β-unsaturated/α-hetero) is 1. The molecule has 0 saturated heterocycles. The predicted octanol–water partition coefficient (Wildman–Crippen LogP) is 4.45. The van der Waals surface area contributed by atoms with Crippen molar-refractivity contribution in [1.29, 1.82) is 0 Å². The first-order valence-corrected chi connectivity index (χ1v) is 9.57. The van der Waals surface area contributed by atoms with E-state index in [1.54, 1.807) is 12.3 Å². The van der Waals surface area contributed by atoms with E-state index < -0.39 is 5.82 Å². The third-order valence-electron chi connectivity index (χ3n) is 4.65. The molecule has 4 nitrogen and oxygen atoms in total. The van der Waals surface area contributed by atoms with Gasteiger partial charge in [-0.15, -0.1) is 11.3 Å². The van der Waals surface area contributed by atoms with Crippen molar-refractivity contribution in [3.63, 3.8) is 0 Å². The Balaban J connectivity index is 1.87. The monoisotopic (exact) mass is 389 g/mol. The number of hydrogen-bond acceptors (Lipinski definition) is 5. The summed E-state index contributed by atoms with van der Waals surface area (Å²) in [6.45, 7) is 4.15. The van der Waals surface area contributed by atoms with Gasteiger partial charge in [0.2, 0.25) is 0 Å². The van der Waals surface area contributed by atoms with Crippen LogP contribution in [-0.4, -0.2) is 22.6 Å². The molecule has 1 aliphatic heterocycles. The van der Waals surface area contributed by atoms with Gasteiger partial charge in [-0.3, -0.25) is 9.79 Å². The zero-order chi connectivity index (χ0) is 18.5. The lowest BCUT2D eigenvalue weighted by molar-refractivity contribution is -0.119. The molecule has 1 fully saturated rings. The number of hydrogen-bond donors (Lipinski definition) is 1. The highest BCUT2D eigenvalue weighted by Crippen LogP contribution is 2.42. The number of aliphatic imine (C=N–C) groups is 1. The summed E-state index contributed by atoms with van der Waals surface area (Å²) in [4.78, 5) is 22.0. The SMILES string of the molecule is CC1(C)CC(=O)C2=C(c3ccc(F)cc3Cl)NC(c3nccs3)=NC2C1. The molecule has 1 saturated carbocycles. The van der Waals surface area contributed by atoms with Gasteiger partial charge >= 0.3 is 0 Å². The van der Waals surface area contributed by atoms with Gasteiger partial charge in [0.25, 0.3) is 0 Å². The fourth-order valence-electron chi connectivity index (χ4n) is 3.56. The molecular weight excluding hydrogens is 373 g/mol. The maximum absolute atomic E-state index is 13.5. The minimum atomic E-state index is -0.415. The lowest BCUT2D eigenvalue weighted by Crippen LogP contribution is -2.41. The largest absolute Gasteiger partial charge is 0.337 e. The normalized spacial score (nSPS) is 21.9. The Morgan fingerprint density at radius 2 is 2.19 bits per heavy atom. The first-order valence-electron chi connectivity index (χ1n) is 8.31. The average Bonchev–Trinajstić information content (AvgIpc) is 3.07. The maximum Gasteiger partial charge on any atom is 0.163 e. The van der Waals surface area contributed by atoms with Crippen molar-refractivity contribution in [1.82, 2.24) is 10.3 Å². The summed E-state index contributed by atoms with van der Waals surface area (Å²) in [5.41, 5.74) is 1.71. The molecule has 1 aromatic carbocycles. The summed E-state index contributed by atoms with van der Waals surface area (Å²) in [5.74, 6) is 0.257. The van der Waals surface area contributed by atoms with Gasteiger partial charge in [-0.1, -0.05) is 25.4 Å². The highest BCUT2D eigenvalue weighted by molar-refractivity contribution is 7.11. The van der Waals surface area contributed by atoms with Gasteiger partial charge in [0, 0.05) is 29.1 Å². The maximum atomic E-state index is 13.5. The minimum absolute atomic E-state index is 0.0519. The van der Waals surface area contributed by atoms with Crippen molar-refractivity contribution in [2.24, 2.45) is 10.4 Å². The number of halogens is 2. The van der Waals surface area contributed by atoms with E-state index in [-0.39, 0.29) is 22.3 Å². The summed E-state index contributed by atoms with van der Waals surface area (Å²) in [6.07, 6.45) is 2.92. The molecule has 1 aromatic heterocycles. The van der Waals surface area contributed by atoms with Gasteiger partial charge in [0.1, 0.15) is 5.82 Å². The van der Waals surface area contributed by atoms with Gasteiger partial charge in [-0.2, -0.15) is 0 Å². The summed E-state index contributed by atoms with van der Waals surface area (Å²) in [5, 5.41) is 6.12. The zero-order valence-electron chi connectivity index (χ0n) is 14.3. The Hall–Kier alpha value is -2.05. The Labute approximate surface area is 159 Å². The molecule has 26 heavy (non-hydrogen) atoms. The third kappa shape index (κ3) is 3.08. The van der Waals surface area contributed by atoms with Crippen LogP contribution in [0, 0.1) is 11.2 Å². The summed E-state index contributed by atoms with van der Waals surface area (Å²) >= 11 is 7.76. The molecule has 1 aliphatic carbocycles. The van der Waals surface area contributed by atoms with Gasteiger partial charge in [0.05, 0.1) is 16.8 Å². The van der Waals surface area contributed by atoms with Crippen LogP contribution >= 0.6 is 22.9 Å². The molecule has 1 N–H and O–H groups in total. The first kappa shape index (κ1) is 17.4. The molecule has 4 rings (SSSR count). The molecule has 1 unspecified atom stereocenters. The molecule has 0 radical (unpaired) electrons. The van der Waals surface area contributed by atoms with Crippen molar-refractivity contribution in [3.8, 4) is 0 Å². The van der Waals surface area contributed by atoms with E-state index in [2.05, 4.69) is 24.1 Å². The lowest BCUT2D eigenvalue weighted by Gasteiger charge is -2.38. The van der Waals surface area contributed by atoms with Crippen molar-refractivity contribution < 1.29 is 9.18 Å². The number of fused-ring (bicyclic) bond motifs is 1. The van der Waals surface area contributed by atoms with Crippen LogP contribution < -0.4 is 5.32 Å². The first-order chi connectivity index (χ1) is 12.3.